The van der Waals surface area contributed by atoms with Crippen molar-refractivity contribution in [2.45, 2.75) is 26.8 Å². The molecular formula is C22H26N4OS. The molecule has 1 fully saturated rings. The lowest BCUT2D eigenvalue weighted by Crippen LogP contribution is -2.48. The number of aryl methyl sites for hydroxylation is 1. The van der Waals surface area contributed by atoms with Gasteiger partial charge in [0.2, 0.25) is 0 Å². The Morgan fingerprint density at radius 2 is 1.86 bits per heavy atom. The zero-order chi connectivity index (χ0) is 19.5. The van der Waals surface area contributed by atoms with Gasteiger partial charge in [0.15, 0.2) is 0 Å². The molecule has 4 rings (SSSR count). The van der Waals surface area contributed by atoms with Gasteiger partial charge >= 0.3 is 0 Å². The van der Waals surface area contributed by atoms with Crippen molar-refractivity contribution in [1.82, 2.24) is 19.6 Å². The molecule has 0 aliphatic carbocycles. The highest BCUT2D eigenvalue weighted by Gasteiger charge is 2.26. The molecule has 0 bridgehead atoms. The summed E-state index contributed by atoms with van der Waals surface area (Å²) in [5.41, 5.74) is 3.93. The first-order chi connectivity index (χ1) is 13.7. The summed E-state index contributed by atoms with van der Waals surface area (Å²) in [5.74, 6) is 0.103. The van der Waals surface area contributed by atoms with Crippen molar-refractivity contribution in [3.8, 4) is 5.69 Å². The van der Waals surface area contributed by atoms with Crippen LogP contribution >= 0.6 is 11.3 Å². The second kappa shape index (κ2) is 8.29. The highest BCUT2D eigenvalue weighted by atomic mass is 32.1. The van der Waals surface area contributed by atoms with Crippen LogP contribution in [-0.4, -0.2) is 51.7 Å². The number of benzene rings is 1. The monoisotopic (exact) mass is 394 g/mol. The predicted octanol–water partition coefficient (Wildman–Crippen LogP) is 3.76. The molecule has 3 heterocycles. The van der Waals surface area contributed by atoms with Gasteiger partial charge in [-0.25, -0.2) is 4.68 Å². The molecule has 5 nitrogen and oxygen atoms in total. The van der Waals surface area contributed by atoms with Crippen LogP contribution in [0.5, 0.6) is 0 Å². The Balaban J connectivity index is 1.46. The van der Waals surface area contributed by atoms with E-state index in [0.717, 1.165) is 56.1 Å². The second-order valence-electron chi connectivity index (χ2n) is 7.25. The van der Waals surface area contributed by atoms with Crippen molar-refractivity contribution in [3.05, 3.63) is 69.7 Å². The minimum absolute atomic E-state index is 0.103. The number of hydrogen-bond acceptors (Lipinski definition) is 4. The van der Waals surface area contributed by atoms with E-state index < -0.39 is 0 Å². The average Bonchev–Trinajstić information content (AvgIpc) is 3.38. The van der Waals surface area contributed by atoms with Crippen molar-refractivity contribution in [2.24, 2.45) is 0 Å². The van der Waals surface area contributed by atoms with Crippen molar-refractivity contribution in [1.29, 1.82) is 0 Å². The first-order valence-corrected chi connectivity index (χ1v) is 10.7. The van der Waals surface area contributed by atoms with Gasteiger partial charge in [0.05, 0.1) is 23.1 Å². The lowest BCUT2D eigenvalue weighted by atomic mass is 10.1. The number of aromatic nitrogens is 2. The van der Waals surface area contributed by atoms with Crippen molar-refractivity contribution < 1.29 is 4.79 Å². The topological polar surface area (TPSA) is 41.4 Å². The normalized spacial score (nSPS) is 15.1. The molecule has 0 saturated carbocycles. The molecule has 0 atom stereocenters. The Bertz CT molecular complexity index is 922. The van der Waals surface area contributed by atoms with E-state index in [0.29, 0.717) is 0 Å². The van der Waals surface area contributed by atoms with Gasteiger partial charge in [0, 0.05) is 37.6 Å². The van der Waals surface area contributed by atoms with E-state index in [4.69, 9.17) is 0 Å². The molecule has 1 amide bonds. The van der Waals surface area contributed by atoms with Crippen LogP contribution in [0.1, 0.15) is 33.4 Å². The Kier molecular flexibility index (Phi) is 5.59. The lowest BCUT2D eigenvalue weighted by molar-refractivity contribution is 0.0628. The van der Waals surface area contributed by atoms with Crippen molar-refractivity contribution >= 4 is 17.2 Å². The number of nitrogens with zero attached hydrogens (tertiary/aromatic N) is 4. The molecule has 3 aromatic rings. The van der Waals surface area contributed by atoms with E-state index in [1.807, 2.05) is 9.58 Å². The number of carbonyl (C=O) groups excluding carboxylic acids is 1. The SMILES string of the molecule is CCc1c(C(=O)N2CCN(Cc3cccs3)CC2)cnn1-c1ccc(C)cc1. The van der Waals surface area contributed by atoms with Crippen LogP contribution in [-0.2, 0) is 13.0 Å². The third kappa shape index (κ3) is 3.88. The van der Waals surface area contributed by atoms with E-state index in [1.165, 1.54) is 10.4 Å². The highest BCUT2D eigenvalue weighted by molar-refractivity contribution is 7.09. The summed E-state index contributed by atoms with van der Waals surface area (Å²) in [4.78, 5) is 18.9. The molecule has 1 aromatic carbocycles. The third-order valence-corrected chi connectivity index (χ3v) is 6.19. The average molecular weight is 395 g/mol. The number of carbonyl (C=O) groups is 1. The minimum atomic E-state index is 0.103. The Morgan fingerprint density at radius 3 is 2.50 bits per heavy atom. The van der Waals surface area contributed by atoms with Gasteiger partial charge in [0.1, 0.15) is 0 Å². The molecule has 146 valence electrons. The summed E-state index contributed by atoms with van der Waals surface area (Å²) in [7, 11) is 0. The molecule has 0 spiro atoms. The van der Waals surface area contributed by atoms with Gasteiger partial charge in [0.25, 0.3) is 5.91 Å². The van der Waals surface area contributed by atoms with Crippen LogP contribution in [0.3, 0.4) is 0 Å². The highest BCUT2D eigenvalue weighted by Crippen LogP contribution is 2.20. The van der Waals surface area contributed by atoms with E-state index in [2.05, 4.69) is 65.6 Å². The summed E-state index contributed by atoms with van der Waals surface area (Å²) in [6.07, 6.45) is 2.51. The first-order valence-electron chi connectivity index (χ1n) is 9.83. The number of hydrogen-bond donors (Lipinski definition) is 0. The van der Waals surface area contributed by atoms with Crippen LogP contribution in [0.15, 0.2) is 48.0 Å². The van der Waals surface area contributed by atoms with Crippen LogP contribution in [0, 0.1) is 6.92 Å². The van der Waals surface area contributed by atoms with Gasteiger partial charge in [-0.2, -0.15) is 5.10 Å². The van der Waals surface area contributed by atoms with Gasteiger partial charge < -0.3 is 4.90 Å². The lowest BCUT2D eigenvalue weighted by Gasteiger charge is -2.34. The summed E-state index contributed by atoms with van der Waals surface area (Å²) in [5, 5.41) is 6.65. The maximum absolute atomic E-state index is 13.2. The third-order valence-electron chi connectivity index (χ3n) is 5.33. The fourth-order valence-electron chi connectivity index (χ4n) is 3.70. The summed E-state index contributed by atoms with van der Waals surface area (Å²) >= 11 is 1.79. The fourth-order valence-corrected chi connectivity index (χ4v) is 4.45. The molecule has 2 aromatic heterocycles. The molecule has 1 saturated heterocycles. The Hall–Kier alpha value is -2.44. The van der Waals surface area contributed by atoms with Gasteiger partial charge in [-0.3, -0.25) is 9.69 Å². The Labute approximate surface area is 170 Å². The second-order valence-corrected chi connectivity index (χ2v) is 8.29. The zero-order valence-electron chi connectivity index (χ0n) is 16.5. The van der Waals surface area contributed by atoms with E-state index in [9.17, 15) is 4.79 Å². The Morgan fingerprint density at radius 1 is 1.11 bits per heavy atom. The fraction of sp³-hybridized carbons (Fsp3) is 0.364. The number of piperazine rings is 1. The van der Waals surface area contributed by atoms with Crippen LogP contribution in [0.25, 0.3) is 5.69 Å². The number of thiophene rings is 1. The van der Waals surface area contributed by atoms with Crippen molar-refractivity contribution in [2.75, 3.05) is 26.2 Å². The van der Waals surface area contributed by atoms with Crippen LogP contribution in [0.4, 0.5) is 0 Å². The van der Waals surface area contributed by atoms with Crippen molar-refractivity contribution in [3.63, 3.8) is 0 Å². The summed E-state index contributed by atoms with van der Waals surface area (Å²) in [6, 6.07) is 12.5. The maximum Gasteiger partial charge on any atom is 0.257 e. The predicted molar refractivity (Wildman–Crippen MR) is 113 cm³/mol. The van der Waals surface area contributed by atoms with Crippen LogP contribution < -0.4 is 0 Å². The maximum atomic E-state index is 13.2. The number of rotatable bonds is 5. The molecule has 1 aliphatic heterocycles. The summed E-state index contributed by atoms with van der Waals surface area (Å²) < 4.78 is 1.90. The van der Waals surface area contributed by atoms with E-state index >= 15 is 0 Å². The zero-order valence-corrected chi connectivity index (χ0v) is 17.3. The summed E-state index contributed by atoms with van der Waals surface area (Å²) in [6.45, 7) is 8.49. The molecule has 1 aliphatic rings. The smallest absolute Gasteiger partial charge is 0.257 e. The standard InChI is InChI=1S/C22H26N4OS/c1-3-21-20(15-23-26(21)18-8-6-17(2)7-9-18)22(27)25-12-10-24(11-13-25)16-19-5-4-14-28-19/h4-9,14-15H,3,10-13,16H2,1-2H3. The first kappa shape index (κ1) is 18.9. The van der Waals surface area contributed by atoms with Gasteiger partial charge in [-0.05, 0) is 36.9 Å². The van der Waals surface area contributed by atoms with Gasteiger partial charge in [-0.1, -0.05) is 30.7 Å². The molecule has 6 heteroatoms. The molecule has 28 heavy (non-hydrogen) atoms. The van der Waals surface area contributed by atoms with E-state index in [1.54, 1.807) is 17.5 Å². The molecule has 0 N–H and O–H groups in total. The van der Waals surface area contributed by atoms with Gasteiger partial charge in [-0.15, -0.1) is 11.3 Å². The van der Waals surface area contributed by atoms with Crippen LogP contribution in [0.2, 0.25) is 0 Å². The molecule has 0 radical (unpaired) electrons. The number of amides is 1. The van der Waals surface area contributed by atoms with E-state index in [-0.39, 0.29) is 5.91 Å². The largest absolute Gasteiger partial charge is 0.336 e. The quantitative estimate of drug-likeness (QED) is 0.662. The molecule has 0 unspecified atom stereocenters. The minimum Gasteiger partial charge on any atom is -0.336 e. The molecular weight excluding hydrogens is 368 g/mol.